The summed E-state index contributed by atoms with van der Waals surface area (Å²) in [7, 11) is 1.98. The van der Waals surface area contributed by atoms with Crippen molar-refractivity contribution in [2.24, 2.45) is 7.05 Å². The summed E-state index contributed by atoms with van der Waals surface area (Å²) in [5.74, 6) is 2.08. The lowest BCUT2D eigenvalue weighted by molar-refractivity contribution is -0.156. The van der Waals surface area contributed by atoms with Crippen LogP contribution >= 0.6 is 0 Å². The first-order chi connectivity index (χ1) is 11.4. The highest BCUT2D eigenvalue weighted by atomic mass is 16.3. The minimum Gasteiger partial charge on any atom is -0.379 e. The molecule has 0 saturated carbocycles. The van der Waals surface area contributed by atoms with E-state index in [1.54, 1.807) is 0 Å². The number of hydrogen-bond acceptors (Lipinski definition) is 5. The lowest BCUT2D eigenvalue weighted by Gasteiger charge is -2.39. The van der Waals surface area contributed by atoms with Crippen LogP contribution in [0.1, 0.15) is 57.1 Å². The monoisotopic (exact) mass is 335 g/mol. The van der Waals surface area contributed by atoms with E-state index in [-0.39, 0.29) is 5.91 Å². The van der Waals surface area contributed by atoms with Crippen LogP contribution < -0.4 is 0 Å². The van der Waals surface area contributed by atoms with E-state index >= 15 is 0 Å². The second-order valence-corrected chi connectivity index (χ2v) is 7.53. The summed E-state index contributed by atoms with van der Waals surface area (Å²) in [6, 6.07) is 0. The van der Waals surface area contributed by atoms with Crippen molar-refractivity contribution in [2.75, 3.05) is 26.2 Å². The molecule has 2 fully saturated rings. The molecule has 0 aromatic carbocycles. The average Bonchev–Trinajstić information content (AvgIpc) is 3.17. The summed E-state index contributed by atoms with van der Waals surface area (Å²) in [4.78, 5) is 16.6. The molecule has 7 nitrogen and oxygen atoms in total. The molecule has 1 aromatic heterocycles. The Balaban J connectivity index is 1.68. The number of carbonyl (C=O) groups excluding carboxylic acids is 1. The van der Waals surface area contributed by atoms with Crippen molar-refractivity contribution in [1.82, 2.24) is 24.6 Å². The van der Waals surface area contributed by atoms with Crippen molar-refractivity contribution < 1.29 is 9.90 Å². The number of β-amino-alcohol motifs (C(OH)–C–C–N with tert-alkyl or cyclic N) is 1. The van der Waals surface area contributed by atoms with Gasteiger partial charge in [-0.2, -0.15) is 0 Å². The lowest BCUT2D eigenvalue weighted by atomic mass is 9.91. The van der Waals surface area contributed by atoms with Crippen molar-refractivity contribution in [2.45, 2.75) is 57.6 Å². The molecule has 3 rings (SSSR count). The molecule has 3 heterocycles. The van der Waals surface area contributed by atoms with Gasteiger partial charge in [-0.15, -0.1) is 10.2 Å². The van der Waals surface area contributed by atoms with E-state index in [1.807, 2.05) is 16.5 Å². The summed E-state index contributed by atoms with van der Waals surface area (Å²) in [6.45, 7) is 7.63. The third-order valence-electron chi connectivity index (χ3n) is 5.22. The number of rotatable bonds is 4. The molecule has 1 unspecified atom stereocenters. The largest absolute Gasteiger partial charge is 0.379 e. The molecule has 0 aliphatic carbocycles. The molecular formula is C17H29N5O2. The van der Waals surface area contributed by atoms with Gasteiger partial charge in [0.2, 0.25) is 0 Å². The van der Waals surface area contributed by atoms with Crippen LogP contribution in [0.5, 0.6) is 0 Å². The number of aromatic nitrogens is 3. The molecule has 24 heavy (non-hydrogen) atoms. The molecule has 2 aliphatic heterocycles. The van der Waals surface area contributed by atoms with Gasteiger partial charge >= 0.3 is 0 Å². The Morgan fingerprint density at radius 1 is 1.21 bits per heavy atom. The number of hydrogen-bond donors (Lipinski definition) is 1. The maximum absolute atomic E-state index is 12.7. The number of amides is 1. The fourth-order valence-electron chi connectivity index (χ4n) is 3.86. The molecule has 1 atom stereocenters. The number of likely N-dealkylation sites (tertiary alicyclic amines) is 2. The maximum Gasteiger partial charge on any atom is 0.255 e. The number of nitrogens with zero attached hydrogens (tertiary/aromatic N) is 5. The predicted octanol–water partition coefficient (Wildman–Crippen LogP) is 0.888. The second-order valence-electron chi connectivity index (χ2n) is 7.53. The molecule has 134 valence electrons. The van der Waals surface area contributed by atoms with Crippen LogP contribution in [0.3, 0.4) is 0 Å². The Hall–Kier alpha value is -1.47. The van der Waals surface area contributed by atoms with Crippen LogP contribution in [0.15, 0.2) is 0 Å². The van der Waals surface area contributed by atoms with Crippen LogP contribution in [0.4, 0.5) is 0 Å². The Morgan fingerprint density at radius 3 is 2.54 bits per heavy atom. The summed E-state index contributed by atoms with van der Waals surface area (Å²) in [5, 5.41) is 19.5. The third-order valence-corrected chi connectivity index (χ3v) is 5.22. The van der Waals surface area contributed by atoms with Crippen LogP contribution in [0, 0.1) is 0 Å². The van der Waals surface area contributed by atoms with Crippen molar-refractivity contribution in [3.63, 3.8) is 0 Å². The minimum atomic E-state index is -1.25. The first kappa shape index (κ1) is 17.4. The van der Waals surface area contributed by atoms with Gasteiger partial charge in [0.15, 0.2) is 5.60 Å². The van der Waals surface area contributed by atoms with Crippen molar-refractivity contribution in [3.05, 3.63) is 11.6 Å². The number of piperidine rings is 1. The van der Waals surface area contributed by atoms with Gasteiger partial charge in [0.05, 0.1) is 6.54 Å². The highest BCUT2D eigenvalue weighted by molar-refractivity contribution is 5.85. The van der Waals surface area contributed by atoms with Crippen molar-refractivity contribution in [3.8, 4) is 0 Å². The van der Waals surface area contributed by atoms with Gasteiger partial charge in [-0.05, 0) is 32.2 Å². The zero-order valence-corrected chi connectivity index (χ0v) is 15.0. The van der Waals surface area contributed by atoms with Gasteiger partial charge < -0.3 is 14.6 Å². The quantitative estimate of drug-likeness (QED) is 0.884. The molecule has 0 radical (unpaired) electrons. The van der Waals surface area contributed by atoms with Crippen LogP contribution in [-0.4, -0.2) is 67.4 Å². The first-order valence-corrected chi connectivity index (χ1v) is 9.03. The van der Waals surface area contributed by atoms with Crippen LogP contribution in [0.25, 0.3) is 0 Å². The predicted molar refractivity (Wildman–Crippen MR) is 90.4 cm³/mol. The smallest absolute Gasteiger partial charge is 0.255 e. The van der Waals surface area contributed by atoms with E-state index in [1.165, 1.54) is 0 Å². The van der Waals surface area contributed by atoms with Gasteiger partial charge in [0.25, 0.3) is 5.91 Å². The molecule has 0 bridgehead atoms. The molecule has 0 spiro atoms. The average molecular weight is 335 g/mol. The summed E-state index contributed by atoms with van der Waals surface area (Å²) >= 11 is 0. The minimum absolute atomic E-state index is 0.0921. The Morgan fingerprint density at radius 2 is 1.92 bits per heavy atom. The van der Waals surface area contributed by atoms with E-state index in [0.717, 1.165) is 50.5 Å². The summed E-state index contributed by atoms with van der Waals surface area (Å²) in [6.07, 6.45) is 3.46. The van der Waals surface area contributed by atoms with E-state index in [2.05, 4.69) is 28.9 Å². The highest BCUT2D eigenvalue weighted by Crippen LogP contribution is 2.26. The van der Waals surface area contributed by atoms with Crippen LogP contribution in [0.2, 0.25) is 0 Å². The van der Waals surface area contributed by atoms with E-state index in [0.29, 0.717) is 25.4 Å². The van der Waals surface area contributed by atoms with E-state index in [4.69, 9.17) is 0 Å². The SMILES string of the molecule is CC(C)c1nnc(CN2CCCC(O)(C(=O)N3CCCC3)C2)n1C. The maximum atomic E-state index is 12.7. The normalized spacial score (nSPS) is 25.6. The van der Waals surface area contributed by atoms with Crippen LogP contribution in [-0.2, 0) is 18.4 Å². The van der Waals surface area contributed by atoms with Crippen molar-refractivity contribution >= 4 is 5.91 Å². The standard InChI is InChI=1S/C17H29N5O2/c1-13(2)15-19-18-14(20(15)3)11-21-8-6-7-17(24,12-21)16(23)22-9-4-5-10-22/h13,24H,4-12H2,1-3H3. The highest BCUT2D eigenvalue weighted by Gasteiger charge is 2.43. The topological polar surface area (TPSA) is 74.5 Å². The fourth-order valence-corrected chi connectivity index (χ4v) is 3.86. The van der Waals surface area contributed by atoms with Gasteiger partial charge in [-0.25, -0.2) is 0 Å². The second kappa shape index (κ2) is 6.80. The Kier molecular flexibility index (Phi) is 4.92. The summed E-state index contributed by atoms with van der Waals surface area (Å²) < 4.78 is 2.03. The molecule has 2 saturated heterocycles. The molecule has 7 heteroatoms. The number of aliphatic hydroxyl groups is 1. The first-order valence-electron chi connectivity index (χ1n) is 9.03. The molecular weight excluding hydrogens is 306 g/mol. The lowest BCUT2D eigenvalue weighted by Crippen LogP contribution is -2.57. The Labute approximate surface area is 143 Å². The van der Waals surface area contributed by atoms with E-state index in [9.17, 15) is 9.90 Å². The fraction of sp³-hybridized carbons (Fsp3) is 0.824. The zero-order chi connectivity index (χ0) is 17.3. The summed E-state index contributed by atoms with van der Waals surface area (Å²) in [5.41, 5.74) is -1.25. The molecule has 1 amide bonds. The van der Waals surface area contributed by atoms with Gasteiger partial charge in [-0.3, -0.25) is 9.69 Å². The van der Waals surface area contributed by atoms with Gasteiger partial charge in [-0.1, -0.05) is 13.8 Å². The van der Waals surface area contributed by atoms with Gasteiger partial charge in [0, 0.05) is 32.6 Å². The molecule has 1 N–H and O–H groups in total. The van der Waals surface area contributed by atoms with Gasteiger partial charge in [0.1, 0.15) is 11.6 Å². The van der Waals surface area contributed by atoms with E-state index < -0.39 is 5.60 Å². The zero-order valence-electron chi connectivity index (χ0n) is 15.0. The Bertz CT molecular complexity index is 594. The molecule has 1 aromatic rings. The molecule has 2 aliphatic rings. The number of carbonyl (C=O) groups is 1. The van der Waals surface area contributed by atoms with Crippen molar-refractivity contribution in [1.29, 1.82) is 0 Å². The third kappa shape index (κ3) is 3.32.